The van der Waals surface area contributed by atoms with Crippen molar-refractivity contribution in [2.45, 2.75) is 11.4 Å². The van der Waals surface area contributed by atoms with Crippen LogP contribution in [0.3, 0.4) is 0 Å². The maximum atomic E-state index is 12.3. The average Bonchev–Trinajstić information content (AvgIpc) is 3.00. The van der Waals surface area contributed by atoms with Crippen LogP contribution < -0.4 is 4.72 Å². The quantitative estimate of drug-likeness (QED) is 0.553. The van der Waals surface area contributed by atoms with Gasteiger partial charge in [0.1, 0.15) is 0 Å². The summed E-state index contributed by atoms with van der Waals surface area (Å²) >= 11 is 0. The van der Waals surface area contributed by atoms with Crippen molar-refractivity contribution >= 4 is 26.6 Å². The number of sulfonamides is 1. The number of nitro benzene ring substituents is 1. The second kappa shape index (κ2) is 5.82. The molecule has 1 aromatic heterocycles. The number of H-pyrrole nitrogens is 1. The van der Waals surface area contributed by atoms with Crippen LogP contribution >= 0.6 is 0 Å². The van der Waals surface area contributed by atoms with Gasteiger partial charge in [-0.3, -0.25) is 10.1 Å². The van der Waals surface area contributed by atoms with Gasteiger partial charge < -0.3 is 4.98 Å². The third kappa shape index (κ3) is 3.08. The molecule has 0 amide bonds. The molecule has 0 aliphatic rings. The first kappa shape index (κ1) is 15.2. The van der Waals surface area contributed by atoms with Gasteiger partial charge in [-0.1, -0.05) is 24.3 Å². The molecule has 118 valence electrons. The minimum atomic E-state index is -3.98. The van der Waals surface area contributed by atoms with Crippen molar-refractivity contribution in [1.29, 1.82) is 0 Å². The summed E-state index contributed by atoms with van der Waals surface area (Å²) in [5.74, 6) is 0. The Balaban J connectivity index is 1.85. The molecular formula is C15H13N3O4S. The van der Waals surface area contributed by atoms with E-state index in [4.69, 9.17) is 0 Å². The molecule has 0 radical (unpaired) electrons. The standard InChI is InChI=1S/C15H13N3O4S/c19-18(20)14-3-1-2-4-15(14)23(21,22)17-10-11-5-6-12-7-8-16-13(12)9-11/h1-9,16-17H,10H2. The summed E-state index contributed by atoms with van der Waals surface area (Å²) in [6.45, 7) is 0.0450. The average molecular weight is 331 g/mol. The predicted molar refractivity (Wildman–Crippen MR) is 85.4 cm³/mol. The molecule has 2 aromatic carbocycles. The number of nitrogens with zero attached hydrogens (tertiary/aromatic N) is 1. The van der Waals surface area contributed by atoms with Gasteiger partial charge in [-0.25, -0.2) is 13.1 Å². The van der Waals surface area contributed by atoms with E-state index in [9.17, 15) is 18.5 Å². The molecule has 0 atom stereocenters. The monoisotopic (exact) mass is 331 g/mol. The molecule has 0 unspecified atom stereocenters. The second-order valence-electron chi connectivity index (χ2n) is 4.95. The zero-order valence-electron chi connectivity index (χ0n) is 11.9. The lowest BCUT2D eigenvalue weighted by Crippen LogP contribution is -2.24. The maximum absolute atomic E-state index is 12.3. The molecule has 0 spiro atoms. The van der Waals surface area contributed by atoms with Crippen molar-refractivity contribution in [1.82, 2.24) is 9.71 Å². The Bertz CT molecular complexity index is 979. The van der Waals surface area contributed by atoms with Gasteiger partial charge in [0.25, 0.3) is 5.69 Å². The van der Waals surface area contributed by atoms with E-state index in [0.717, 1.165) is 16.5 Å². The zero-order chi connectivity index (χ0) is 16.4. The molecule has 1 heterocycles. The fourth-order valence-corrected chi connectivity index (χ4v) is 3.48. The first-order valence-electron chi connectivity index (χ1n) is 6.76. The van der Waals surface area contributed by atoms with Gasteiger partial charge in [0.05, 0.1) is 4.92 Å². The number of aromatic amines is 1. The van der Waals surface area contributed by atoms with Crippen LogP contribution in [0.2, 0.25) is 0 Å². The van der Waals surface area contributed by atoms with Gasteiger partial charge in [0.2, 0.25) is 10.0 Å². The lowest BCUT2D eigenvalue weighted by Gasteiger charge is -2.07. The van der Waals surface area contributed by atoms with E-state index in [-0.39, 0.29) is 11.4 Å². The SMILES string of the molecule is O=[N+]([O-])c1ccccc1S(=O)(=O)NCc1ccc2cc[nH]c2c1. The molecule has 0 aliphatic heterocycles. The Morgan fingerprint density at radius 2 is 1.91 bits per heavy atom. The molecular weight excluding hydrogens is 318 g/mol. The van der Waals surface area contributed by atoms with Gasteiger partial charge in [0, 0.05) is 24.3 Å². The number of nitro groups is 1. The third-order valence-electron chi connectivity index (χ3n) is 3.44. The number of hydrogen-bond donors (Lipinski definition) is 2. The maximum Gasteiger partial charge on any atom is 0.289 e. The lowest BCUT2D eigenvalue weighted by molar-refractivity contribution is -0.387. The summed E-state index contributed by atoms with van der Waals surface area (Å²) in [5.41, 5.74) is 1.20. The first-order valence-corrected chi connectivity index (χ1v) is 8.25. The van der Waals surface area contributed by atoms with Crippen molar-refractivity contribution in [2.75, 3.05) is 0 Å². The van der Waals surface area contributed by atoms with Gasteiger partial charge in [-0.2, -0.15) is 0 Å². The highest BCUT2D eigenvalue weighted by atomic mass is 32.2. The number of hydrogen-bond acceptors (Lipinski definition) is 4. The molecule has 0 saturated carbocycles. The molecule has 2 N–H and O–H groups in total. The highest BCUT2D eigenvalue weighted by Gasteiger charge is 2.24. The molecule has 23 heavy (non-hydrogen) atoms. The van der Waals surface area contributed by atoms with Crippen molar-refractivity contribution in [3.05, 3.63) is 70.4 Å². The molecule has 3 rings (SSSR count). The van der Waals surface area contributed by atoms with E-state index >= 15 is 0 Å². The number of aromatic nitrogens is 1. The van der Waals surface area contributed by atoms with E-state index in [1.54, 1.807) is 12.3 Å². The van der Waals surface area contributed by atoms with E-state index < -0.39 is 20.6 Å². The molecule has 7 nitrogen and oxygen atoms in total. The van der Waals surface area contributed by atoms with Gasteiger partial charge in [0.15, 0.2) is 4.90 Å². The van der Waals surface area contributed by atoms with Crippen LogP contribution in [0.1, 0.15) is 5.56 Å². The van der Waals surface area contributed by atoms with Crippen molar-refractivity contribution < 1.29 is 13.3 Å². The molecule has 0 saturated heterocycles. The lowest BCUT2D eigenvalue weighted by atomic mass is 10.2. The normalized spacial score (nSPS) is 11.7. The number of para-hydroxylation sites is 1. The van der Waals surface area contributed by atoms with Crippen LogP contribution in [0.4, 0.5) is 5.69 Å². The number of benzene rings is 2. The Kier molecular flexibility index (Phi) is 3.85. The van der Waals surface area contributed by atoms with Crippen LogP contribution in [-0.4, -0.2) is 18.3 Å². The van der Waals surface area contributed by atoms with Crippen LogP contribution in [0.5, 0.6) is 0 Å². The van der Waals surface area contributed by atoms with Crippen LogP contribution in [-0.2, 0) is 16.6 Å². The van der Waals surface area contributed by atoms with Gasteiger partial charge in [-0.15, -0.1) is 0 Å². The predicted octanol–water partition coefficient (Wildman–Crippen LogP) is 2.55. The van der Waals surface area contributed by atoms with Crippen LogP contribution in [0.25, 0.3) is 10.9 Å². The first-order chi connectivity index (χ1) is 11.0. The smallest absolute Gasteiger partial charge is 0.289 e. The highest BCUT2D eigenvalue weighted by Crippen LogP contribution is 2.23. The summed E-state index contributed by atoms with van der Waals surface area (Å²) in [5, 5.41) is 12.0. The summed E-state index contributed by atoms with van der Waals surface area (Å²) in [6, 6.07) is 12.7. The summed E-state index contributed by atoms with van der Waals surface area (Å²) in [7, 11) is -3.98. The van der Waals surface area contributed by atoms with E-state index in [1.807, 2.05) is 18.2 Å². The van der Waals surface area contributed by atoms with E-state index in [2.05, 4.69) is 9.71 Å². The second-order valence-corrected chi connectivity index (χ2v) is 6.68. The topological polar surface area (TPSA) is 105 Å². The molecule has 0 fully saturated rings. The fraction of sp³-hybridized carbons (Fsp3) is 0.0667. The Labute approximate surface area is 132 Å². The van der Waals surface area contributed by atoms with Crippen LogP contribution in [0.15, 0.2) is 59.6 Å². The molecule has 0 bridgehead atoms. The van der Waals surface area contributed by atoms with Gasteiger partial charge >= 0.3 is 0 Å². The van der Waals surface area contributed by atoms with Gasteiger partial charge in [-0.05, 0) is 29.1 Å². The summed E-state index contributed by atoms with van der Waals surface area (Å²) in [4.78, 5) is 13.0. The van der Waals surface area contributed by atoms with E-state index in [1.165, 1.54) is 24.3 Å². The Morgan fingerprint density at radius 1 is 1.13 bits per heavy atom. The van der Waals surface area contributed by atoms with Crippen molar-refractivity contribution in [3.63, 3.8) is 0 Å². The van der Waals surface area contributed by atoms with Crippen LogP contribution in [0, 0.1) is 10.1 Å². The summed E-state index contributed by atoms with van der Waals surface area (Å²) < 4.78 is 27.0. The number of rotatable bonds is 5. The number of nitrogens with one attached hydrogen (secondary N) is 2. The zero-order valence-corrected chi connectivity index (χ0v) is 12.7. The van der Waals surface area contributed by atoms with Crippen molar-refractivity contribution in [3.8, 4) is 0 Å². The fourth-order valence-electron chi connectivity index (χ4n) is 2.30. The third-order valence-corrected chi connectivity index (χ3v) is 4.89. The van der Waals surface area contributed by atoms with E-state index in [0.29, 0.717) is 0 Å². The molecule has 0 aliphatic carbocycles. The largest absolute Gasteiger partial charge is 0.361 e. The minimum absolute atomic E-state index is 0.0450. The Hall–Kier alpha value is -2.71. The minimum Gasteiger partial charge on any atom is -0.361 e. The summed E-state index contributed by atoms with van der Waals surface area (Å²) in [6.07, 6.45) is 1.80. The molecule has 3 aromatic rings. The van der Waals surface area contributed by atoms with Crippen molar-refractivity contribution in [2.24, 2.45) is 0 Å². The Morgan fingerprint density at radius 3 is 2.70 bits per heavy atom. The highest BCUT2D eigenvalue weighted by molar-refractivity contribution is 7.89. The number of fused-ring (bicyclic) bond motifs is 1. The molecule has 8 heteroatoms.